The lowest BCUT2D eigenvalue weighted by Gasteiger charge is -2.08. The molecular formula is C10H11FN4O2S2. The Labute approximate surface area is 113 Å². The van der Waals surface area contributed by atoms with Gasteiger partial charge in [0, 0.05) is 5.69 Å². The van der Waals surface area contributed by atoms with E-state index in [2.05, 4.69) is 14.9 Å². The number of nitrogens with two attached hydrogens (primary N) is 1. The Bertz CT molecular complexity index is 727. The highest BCUT2D eigenvalue weighted by atomic mass is 32.2. The summed E-state index contributed by atoms with van der Waals surface area (Å²) in [6.07, 6.45) is 0. The Morgan fingerprint density at radius 3 is 2.58 bits per heavy atom. The van der Waals surface area contributed by atoms with Crippen molar-refractivity contribution in [2.45, 2.75) is 18.7 Å². The van der Waals surface area contributed by atoms with Crippen LogP contribution >= 0.6 is 11.3 Å². The van der Waals surface area contributed by atoms with Crippen molar-refractivity contribution in [2.24, 2.45) is 0 Å². The molecule has 2 rings (SSSR count). The molecule has 102 valence electrons. The smallest absolute Gasteiger partial charge is 0.266 e. The molecule has 0 saturated carbocycles. The lowest BCUT2D eigenvalue weighted by molar-refractivity contribution is 0.565. The number of sulfonamides is 1. The minimum atomic E-state index is -4.07. The number of hydrogen-bond acceptors (Lipinski definition) is 6. The van der Waals surface area contributed by atoms with E-state index in [1.165, 1.54) is 13.0 Å². The summed E-state index contributed by atoms with van der Waals surface area (Å²) in [5.74, 6) is -0.831. The van der Waals surface area contributed by atoms with Crippen LogP contribution in [0.25, 0.3) is 0 Å². The lowest BCUT2D eigenvalue weighted by Crippen LogP contribution is -2.15. The van der Waals surface area contributed by atoms with Crippen LogP contribution in [-0.4, -0.2) is 18.6 Å². The Morgan fingerprint density at radius 2 is 2.00 bits per heavy atom. The first-order valence-corrected chi connectivity index (χ1v) is 7.48. The highest BCUT2D eigenvalue weighted by Gasteiger charge is 2.22. The van der Waals surface area contributed by atoms with Gasteiger partial charge in [-0.1, -0.05) is 11.3 Å². The average molecular weight is 302 g/mol. The van der Waals surface area contributed by atoms with Crippen LogP contribution in [0.2, 0.25) is 0 Å². The molecule has 1 aromatic heterocycles. The third kappa shape index (κ3) is 2.82. The van der Waals surface area contributed by atoms with Crippen LogP contribution in [0, 0.1) is 19.7 Å². The molecule has 0 bridgehead atoms. The first kappa shape index (κ1) is 13.7. The Balaban J connectivity index is 2.45. The summed E-state index contributed by atoms with van der Waals surface area (Å²) < 4.78 is 40.2. The van der Waals surface area contributed by atoms with Crippen LogP contribution in [0.4, 0.5) is 15.2 Å². The molecule has 0 unspecified atom stereocenters. The molecule has 0 aliphatic heterocycles. The van der Waals surface area contributed by atoms with Gasteiger partial charge in [-0.15, -0.1) is 10.2 Å². The Kier molecular flexibility index (Phi) is 3.42. The molecule has 0 atom stereocenters. The number of nitrogens with one attached hydrogen (secondary N) is 1. The van der Waals surface area contributed by atoms with Gasteiger partial charge in [0.15, 0.2) is 0 Å². The summed E-state index contributed by atoms with van der Waals surface area (Å²) in [7, 11) is -4.07. The third-order valence-electron chi connectivity index (χ3n) is 2.28. The van der Waals surface area contributed by atoms with Gasteiger partial charge in [-0.05, 0) is 31.5 Å². The zero-order valence-electron chi connectivity index (χ0n) is 10.1. The van der Waals surface area contributed by atoms with Crippen molar-refractivity contribution in [2.75, 3.05) is 10.5 Å². The highest BCUT2D eigenvalue weighted by Crippen LogP contribution is 2.24. The number of rotatable bonds is 3. The van der Waals surface area contributed by atoms with E-state index >= 15 is 0 Å². The predicted octanol–water partition coefficient (Wildman–Crippen LogP) is 1.68. The third-order valence-corrected chi connectivity index (χ3v) is 4.50. The molecule has 2 aromatic rings. The van der Waals surface area contributed by atoms with E-state index < -0.39 is 20.7 Å². The number of aromatic nitrogens is 2. The lowest BCUT2D eigenvalue weighted by atomic mass is 10.2. The number of benzene rings is 1. The molecule has 1 aromatic carbocycles. The monoisotopic (exact) mass is 302 g/mol. The minimum Gasteiger partial charge on any atom is -0.399 e. The van der Waals surface area contributed by atoms with E-state index in [-0.39, 0.29) is 16.4 Å². The van der Waals surface area contributed by atoms with Gasteiger partial charge in [0.2, 0.25) is 5.13 Å². The van der Waals surface area contributed by atoms with Gasteiger partial charge in [0.25, 0.3) is 10.0 Å². The maximum absolute atomic E-state index is 13.9. The van der Waals surface area contributed by atoms with Crippen molar-refractivity contribution in [1.29, 1.82) is 0 Å². The van der Waals surface area contributed by atoms with Crippen LogP contribution in [0.1, 0.15) is 10.6 Å². The fourth-order valence-corrected chi connectivity index (χ4v) is 3.48. The Morgan fingerprint density at radius 1 is 1.32 bits per heavy atom. The van der Waals surface area contributed by atoms with Crippen molar-refractivity contribution in [3.8, 4) is 0 Å². The summed E-state index contributed by atoms with van der Waals surface area (Å²) in [6, 6.07) is 2.43. The fraction of sp³-hybridized carbons (Fsp3) is 0.200. The molecule has 0 saturated heterocycles. The molecule has 0 aliphatic carbocycles. The molecule has 0 radical (unpaired) electrons. The van der Waals surface area contributed by atoms with Gasteiger partial charge < -0.3 is 5.73 Å². The maximum Gasteiger partial charge on any atom is 0.266 e. The van der Waals surface area contributed by atoms with E-state index in [0.717, 1.165) is 17.4 Å². The van der Waals surface area contributed by atoms with Crippen molar-refractivity contribution in [3.63, 3.8) is 0 Å². The van der Waals surface area contributed by atoms with E-state index in [4.69, 9.17) is 5.73 Å². The summed E-state index contributed by atoms with van der Waals surface area (Å²) in [4.78, 5) is -0.502. The van der Waals surface area contributed by atoms with Gasteiger partial charge in [-0.25, -0.2) is 12.8 Å². The number of hydrogen-bond donors (Lipinski definition) is 2. The zero-order chi connectivity index (χ0) is 14.2. The topological polar surface area (TPSA) is 98.0 Å². The largest absolute Gasteiger partial charge is 0.399 e. The quantitative estimate of drug-likeness (QED) is 0.841. The predicted molar refractivity (Wildman–Crippen MR) is 71.0 cm³/mol. The molecular weight excluding hydrogens is 291 g/mol. The Hall–Kier alpha value is -1.74. The highest BCUT2D eigenvalue weighted by molar-refractivity contribution is 7.93. The summed E-state index contributed by atoms with van der Waals surface area (Å²) in [5, 5.41) is 7.98. The van der Waals surface area contributed by atoms with Crippen molar-refractivity contribution in [1.82, 2.24) is 10.2 Å². The van der Waals surface area contributed by atoms with Gasteiger partial charge in [0.05, 0.1) is 0 Å². The number of nitrogens with zero attached hydrogens (tertiary/aromatic N) is 2. The van der Waals surface area contributed by atoms with Crippen molar-refractivity contribution in [3.05, 3.63) is 28.5 Å². The van der Waals surface area contributed by atoms with Crippen LogP contribution in [0.15, 0.2) is 17.0 Å². The molecule has 0 spiro atoms. The maximum atomic E-state index is 13.9. The summed E-state index contributed by atoms with van der Waals surface area (Å²) in [5.41, 5.74) is 5.87. The average Bonchev–Trinajstić information content (AvgIpc) is 2.68. The van der Waals surface area contributed by atoms with Gasteiger partial charge >= 0.3 is 0 Å². The molecule has 1 heterocycles. The molecule has 9 heteroatoms. The van der Waals surface area contributed by atoms with Crippen LogP contribution in [0.3, 0.4) is 0 Å². The molecule has 19 heavy (non-hydrogen) atoms. The number of halogens is 1. The van der Waals surface area contributed by atoms with Gasteiger partial charge in [0.1, 0.15) is 15.7 Å². The first-order chi connectivity index (χ1) is 8.79. The van der Waals surface area contributed by atoms with E-state index in [0.29, 0.717) is 5.01 Å². The van der Waals surface area contributed by atoms with Crippen LogP contribution in [0.5, 0.6) is 0 Å². The standard InChI is InChI=1S/C10H11FN4O2S2/c1-5-3-7(12)4-8(9(5)11)19(16,17)15-10-14-13-6(2)18-10/h3-4H,12H2,1-2H3,(H,14,15). The molecule has 3 N–H and O–H groups in total. The number of aryl methyl sites for hydroxylation is 2. The second kappa shape index (κ2) is 4.74. The van der Waals surface area contributed by atoms with Gasteiger partial charge in [-0.3, -0.25) is 4.72 Å². The first-order valence-electron chi connectivity index (χ1n) is 5.18. The molecule has 0 aliphatic rings. The molecule has 6 nitrogen and oxygen atoms in total. The minimum absolute atomic E-state index is 0.0805. The zero-order valence-corrected chi connectivity index (χ0v) is 11.8. The summed E-state index contributed by atoms with van der Waals surface area (Å²) in [6.45, 7) is 3.13. The van der Waals surface area contributed by atoms with E-state index in [1.54, 1.807) is 6.92 Å². The normalized spacial score (nSPS) is 11.5. The molecule has 0 amide bonds. The SMILES string of the molecule is Cc1nnc(NS(=O)(=O)c2cc(N)cc(C)c2F)s1. The second-order valence-electron chi connectivity index (χ2n) is 3.88. The fourth-order valence-electron chi connectivity index (χ4n) is 1.47. The van der Waals surface area contributed by atoms with Gasteiger partial charge in [-0.2, -0.15) is 0 Å². The number of nitrogen functional groups attached to an aromatic ring is 1. The second-order valence-corrected chi connectivity index (χ2v) is 6.71. The number of anilines is 2. The van der Waals surface area contributed by atoms with Crippen molar-refractivity contribution >= 4 is 32.2 Å². The van der Waals surface area contributed by atoms with Crippen LogP contribution in [-0.2, 0) is 10.0 Å². The van der Waals surface area contributed by atoms with Crippen LogP contribution < -0.4 is 10.5 Å². The van der Waals surface area contributed by atoms with E-state index in [1.807, 2.05) is 0 Å². The summed E-state index contributed by atoms with van der Waals surface area (Å²) >= 11 is 1.06. The molecule has 0 fully saturated rings. The van der Waals surface area contributed by atoms with Crippen molar-refractivity contribution < 1.29 is 12.8 Å². The van der Waals surface area contributed by atoms with E-state index in [9.17, 15) is 12.8 Å².